The maximum absolute atomic E-state index is 5.54. The van der Waals surface area contributed by atoms with E-state index in [4.69, 9.17) is 12.2 Å². The molecule has 1 aliphatic heterocycles. The van der Waals surface area contributed by atoms with E-state index in [1.165, 1.54) is 18.4 Å². The van der Waals surface area contributed by atoms with E-state index in [0.29, 0.717) is 10.8 Å². The molecule has 134 valence electrons. The molecule has 1 N–H and O–H groups in total. The average Bonchev–Trinajstić information content (AvgIpc) is 3.25. The van der Waals surface area contributed by atoms with E-state index in [-0.39, 0.29) is 0 Å². The van der Waals surface area contributed by atoms with Gasteiger partial charge in [0.25, 0.3) is 0 Å². The number of hydrogen-bond donors (Lipinski definition) is 1. The third-order valence-electron chi connectivity index (χ3n) is 5.51. The van der Waals surface area contributed by atoms with Crippen LogP contribution in [0.2, 0.25) is 0 Å². The van der Waals surface area contributed by atoms with Crippen LogP contribution in [0, 0.1) is 17.6 Å². The third kappa shape index (κ3) is 2.96. The number of hydrogen-bond acceptors (Lipinski definition) is 4. The second-order valence-electron chi connectivity index (χ2n) is 7.43. The largest absolute Gasteiger partial charge is 0.278 e. The first-order chi connectivity index (χ1) is 12.7. The number of aromatic amines is 1. The molecule has 5 rings (SSSR count). The van der Waals surface area contributed by atoms with Crippen LogP contribution in [-0.4, -0.2) is 26.2 Å². The number of fused-ring (bicyclic) bond motifs is 1. The van der Waals surface area contributed by atoms with Crippen molar-refractivity contribution >= 4 is 23.6 Å². The van der Waals surface area contributed by atoms with Crippen LogP contribution in [0.25, 0.3) is 11.4 Å². The lowest BCUT2D eigenvalue weighted by molar-refractivity contribution is 0.117. The highest BCUT2D eigenvalue weighted by atomic mass is 32.1. The summed E-state index contributed by atoms with van der Waals surface area (Å²) in [6.45, 7) is 3.97. The van der Waals surface area contributed by atoms with Gasteiger partial charge in [-0.2, -0.15) is 4.98 Å². The van der Waals surface area contributed by atoms with Crippen LogP contribution in [0.5, 0.6) is 0 Å². The fraction of sp³-hybridized carbons (Fsp3) is 0.400. The van der Waals surface area contributed by atoms with Crippen molar-refractivity contribution in [2.24, 2.45) is 5.92 Å². The fourth-order valence-corrected chi connectivity index (χ4v) is 5.10. The predicted octanol–water partition coefficient (Wildman–Crippen LogP) is 4.94. The van der Waals surface area contributed by atoms with Crippen molar-refractivity contribution in [3.8, 4) is 11.4 Å². The molecule has 0 saturated heterocycles. The van der Waals surface area contributed by atoms with Crippen molar-refractivity contribution in [2.45, 2.75) is 38.9 Å². The van der Waals surface area contributed by atoms with Crippen LogP contribution in [0.1, 0.15) is 34.9 Å². The number of nitrogens with zero attached hydrogens (tertiary/aromatic N) is 3. The van der Waals surface area contributed by atoms with Gasteiger partial charge in [0.15, 0.2) is 5.82 Å². The van der Waals surface area contributed by atoms with Gasteiger partial charge in [0.1, 0.15) is 0 Å². The number of aryl methyl sites for hydroxylation is 1. The van der Waals surface area contributed by atoms with Gasteiger partial charge < -0.3 is 0 Å². The first-order valence-corrected chi connectivity index (χ1v) is 10.5. The molecule has 1 saturated carbocycles. The molecule has 4 nitrogen and oxygen atoms in total. The lowest BCUT2D eigenvalue weighted by Gasteiger charge is -2.36. The second-order valence-corrected chi connectivity index (χ2v) is 8.80. The van der Waals surface area contributed by atoms with Gasteiger partial charge in [-0.15, -0.1) is 11.3 Å². The molecule has 1 atom stereocenters. The second kappa shape index (κ2) is 6.44. The van der Waals surface area contributed by atoms with Gasteiger partial charge in [-0.05, 0) is 61.3 Å². The molecule has 0 bridgehead atoms. The molecule has 26 heavy (non-hydrogen) atoms. The number of rotatable bonds is 4. The molecule has 6 heteroatoms. The first kappa shape index (κ1) is 16.4. The van der Waals surface area contributed by atoms with Gasteiger partial charge >= 0.3 is 0 Å². The van der Waals surface area contributed by atoms with Gasteiger partial charge in [0.2, 0.25) is 4.77 Å². The fourth-order valence-electron chi connectivity index (χ4n) is 4.00. The summed E-state index contributed by atoms with van der Waals surface area (Å²) in [6, 6.07) is 11.3. The summed E-state index contributed by atoms with van der Waals surface area (Å²) >= 11 is 7.46. The summed E-state index contributed by atoms with van der Waals surface area (Å²) in [5.41, 5.74) is 3.88. The Hall–Kier alpha value is -1.76. The maximum atomic E-state index is 5.54. The quantitative estimate of drug-likeness (QED) is 0.649. The molecular weight excluding hydrogens is 360 g/mol. The maximum Gasteiger partial charge on any atom is 0.217 e. The molecule has 1 aliphatic carbocycles. The lowest BCUT2D eigenvalue weighted by atomic mass is 9.96. The van der Waals surface area contributed by atoms with Gasteiger partial charge in [-0.25, -0.2) is 4.68 Å². The number of nitrogens with one attached hydrogen (secondary N) is 1. The Bertz CT molecular complexity index is 978. The zero-order valence-electron chi connectivity index (χ0n) is 14.8. The third-order valence-corrected chi connectivity index (χ3v) is 6.82. The van der Waals surface area contributed by atoms with Gasteiger partial charge in [0.05, 0.1) is 6.67 Å². The molecule has 3 aromatic rings. The van der Waals surface area contributed by atoms with E-state index in [9.17, 15) is 0 Å². The van der Waals surface area contributed by atoms with Gasteiger partial charge in [-0.1, -0.05) is 29.8 Å². The predicted molar refractivity (Wildman–Crippen MR) is 108 cm³/mol. The summed E-state index contributed by atoms with van der Waals surface area (Å²) < 4.78 is 2.66. The molecule has 2 aromatic heterocycles. The normalized spacial score (nSPS) is 20.3. The van der Waals surface area contributed by atoms with Gasteiger partial charge in [-0.3, -0.25) is 10.00 Å². The van der Waals surface area contributed by atoms with E-state index in [0.717, 1.165) is 36.9 Å². The highest BCUT2D eigenvalue weighted by Gasteiger charge is 2.40. The molecular formula is C20H22N4S2. The van der Waals surface area contributed by atoms with Crippen molar-refractivity contribution < 1.29 is 0 Å². The minimum absolute atomic E-state index is 0.540. The summed E-state index contributed by atoms with van der Waals surface area (Å²) in [5, 5.41) is 5.68. The topological polar surface area (TPSA) is 36.9 Å². The summed E-state index contributed by atoms with van der Waals surface area (Å²) in [4.78, 5) is 8.75. The van der Waals surface area contributed by atoms with Crippen LogP contribution >= 0.6 is 23.6 Å². The summed E-state index contributed by atoms with van der Waals surface area (Å²) in [7, 11) is 0. The van der Waals surface area contributed by atoms with E-state index in [2.05, 4.69) is 57.6 Å². The molecule has 1 aromatic carbocycles. The SMILES string of the molecule is Cc1ccc(-c2nc(=S)n(CN3CCc4sccc4[C@H]3C3CC3)[nH]2)cc1. The molecule has 0 radical (unpaired) electrons. The zero-order valence-corrected chi connectivity index (χ0v) is 16.4. The number of aromatic nitrogens is 3. The molecule has 0 unspecified atom stereocenters. The number of benzene rings is 1. The molecule has 3 heterocycles. The van der Waals surface area contributed by atoms with E-state index >= 15 is 0 Å². The molecule has 0 amide bonds. The monoisotopic (exact) mass is 382 g/mol. The van der Waals surface area contributed by atoms with Crippen molar-refractivity contribution in [1.29, 1.82) is 0 Å². The smallest absolute Gasteiger partial charge is 0.217 e. The Kier molecular flexibility index (Phi) is 4.07. The standard InChI is InChI=1S/C20H22N4S2/c1-13-2-4-15(5-3-13)19-21-20(25)24(22-19)12-23-10-8-17-16(9-11-26-17)18(23)14-6-7-14/h2-5,9,11,14,18H,6-8,10,12H2,1H3,(H,21,22,25)/t18-/m1/s1. The van der Waals surface area contributed by atoms with Crippen molar-refractivity contribution in [3.05, 3.63) is 56.5 Å². The van der Waals surface area contributed by atoms with Crippen LogP contribution in [0.15, 0.2) is 35.7 Å². The van der Waals surface area contributed by atoms with E-state index in [1.54, 1.807) is 10.4 Å². The molecule has 1 fully saturated rings. The lowest BCUT2D eigenvalue weighted by Crippen LogP contribution is -2.37. The van der Waals surface area contributed by atoms with Gasteiger partial charge in [0, 0.05) is 23.0 Å². The minimum Gasteiger partial charge on any atom is -0.278 e. The molecule has 0 spiro atoms. The highest BCUT2D eigenvalue weighted by Crippen LogP contribution is 2.48. The Morgan fingerprint density at radius 2 is 2.04 bits per heavy atom. The summed E-state index contributed by atoms with van der Waals surface area (Å²) in [5.74, 6) is 1.66. The Labute approximate surface area is 162 Å². The van der Waals surface area contributed by atoms with Crippen molar-refractivity contribution in [1.82, 2.24) is 19.7 Å². The number of thiophene rings is 1. The average molecular weight is 383 g/mol. The van der Waals surface area contributed by atoms with Crippen LogP contribution in [0.3, 0.4) is 0 Å². The zero-order chi connectivity index (χ0) is 17.7. The number of H-pyrrole nitrogens is 1. The van der Waals surface area contributed by atoms with E-state index < -0.39 is 0 Å². The Morgan fingerprint density at radius 1 is 1.23 bits per heavy atom. The van der Waals surface area contributed by atoms with Crippen LogP contribution < -0.4 is 0 Å². The van der Waals surface area contributed by atoms with Crippen molar-refractivity contribution in [3.63, 3.8) is 0 Å². The minimum atomic E-state index is 0.540. The van der Waals surface area contributed by atoms with Crippen LogP contribution in [0.4, 0.5) is 0 Å². The Morgan fingerprint density at radius 3 is 2.81 bits per heavy atom. The molecule has 2 aliphatic rings. The van der Waals surface area contributed by atoms with E-state index in [1.807, 2.05) is 16.0 Å². The summed E-state index contributed by atoms with van der Waals surface area (Å²) in [6.07, 6.45) is 3.83. The Balaban J connectivity index is 1.43. The highest BCUT2D eigenvalue weighted by molar-refractivity contribution is 7.71. The first-order valence-electron chi connectivity index (χ1n) is 9.23. The van der Waals surface area contributed by atoms with Crippen molar-refractivity contribution in [2.75, 3.05) is 6.54 Å². The van der Waals surface area contributed by atoms with Crippen LogP contribution in [-0.2, 0) is 13.1 Å².